The van der Waals surface area contributed by atoms with Crippen LogP contribution < -0.4 is 5.32 Å². The fourth-order valence-electron chi connectivity index (χ4n) is 5.24. The summed E-state index contributed by atoms with van der Waals surface area (Å²) in [5.74, 6) is 1.97. The summed E-state index contributed by atoms with van der Waals surface area (Å²) in [6.45, 7) is 4.54. The molecule has 0 amide bonds. The molecule has 4 aliphatic rings. The zero-order valence-electron chi connectivity index (χ0n) is 9.81. The lowest BCUT2D eigenvalue weighted by molar-refractivity contribution is -0.0644. The molecule has 4 fully saturated rings. The molecule has 0 aromatic carbocycles. The topological polar surface area (TPSA) is 12.0 Å². The maximum absolute atomic E-state index is 5.26. The van der Waals surface area contributed by atoms with Crippen molar-refractivity contribution in [2.75, 3.05) is 0 Å². The van der Waals surface area contributed by atoms with E-state index in [1.165, 1.54) is 38.5 Å². The van der Waals surface area contributed by atoms with Crippen LogP contribution in [0.25, 0.3) is 0 Å². The Balaban J connectivity index is 0.000000963. The molecule has 86 valence electrons. The van der Waals surface area contributed by atoms with E-state index in [1.807, 2.05) is 6.92 Å². The van der Waals surface area contributed by atoms with E-state index in [0.717, 1.165) is 16.8 Å². The Morgan fingerprint density at radius 2 is 1.87 bits per heavy atom. The van der Waals surface area contributed by atoms with Crippen LogP contribution in [0.3, 0.4) is 0 Å². The lowest BCUT2D eigenvalue weighted by Gasteiger charge is -2.61. The summed E-state index contributed by atoms with van der Waals surface area (Å²) in [6, 6.07) is 0. The van der Waals surface area contributed by atoms with E-state index in [2.05, 4.69) is 12.2 Å². The maximum atomic E-state index is 5.26. The summed E-state index contributed by atoms with van der Waals surface area (Å²) >= 11 is 5.26. The zero-order chi connectivity index (χ0) is 10.7. The van der Waals surface area contributed by atoms with Gasteiger partial charge in [-0.05, 0) is 62.7 Å². The van der Waals surface area contributed by atoms with Gasteiger partial charge >= 0.3 is 0 Å². The SMILES string of the molecule is CC(=S)NC12C[C@@H]3C[C@@H](CC(C)(C3)C1)C2.[HH]. The van der Waals surface area contributed by atoms with Crippen molar-refractivity contribution in [1.29, 1.82) is 0 Å². The van der Waals surface area contributed by atoms with Crippen molar-refractivity contribution >= 4 is 17.2 Å². The van der Waals surface area contributed by atoms with Gasteiger partial charge < -0.3 is 5.32 Å². The predicted octanol–water partition coefficient (Wildman–Crippen LogP) is 3.53. The third-order valence-corrected chi connectivity index (χ3v) is 4.90. The van der Waals surface area contributed by atoms with Gasteiger partial charge in [0.2, 0.25) is 0 Å². The molecule has 0 heterocycles. The molecular weight excluding hydrogens is 202 g/mol. The molecule has 4 rings (SSSR count). The van der Waals surface area contributed by atoms with Crippen LogP contribution in [0, 0.1) is 17.3 Å². The molecule has 0 aliphatic heterocycles. The van der Waals surface area contributed by atoms with Gasteiger partial charge in [-0.2, -0.15) is 0 Å². The van der Waals surface area contributed by atoms with Crippen molar-refractivity contribution in [1.82, 2.24) is 5.32 Å². The first-order valence-electron chi connectivity index (χ1n) is 6.27. The first-order valence-corrected chi connectivity index (χ1v) is 6.68. The van der Waals surface area contributed by atoms with Crippen LogP contribution in [-0.2, 0) is 0 Å². The Morgan fingerprint density at radius 3 is 2.33 bits per heavy atom. The van der Waals surface area contributed by atoms with Crippen LogP contribution in [-0.4, -0.2) is 10.5 Å². The molecule has 0 aromatic heterocycles. The lowest BCUT2D eigenvalue weighted by atomic mass is 9.47. The second kappa shape index (κ2) is 2.97. The average molecular weight is 225 g/mol. The first kappa shape index (κ1) is 10.1. The van der Waals surface area contributed by atoms with Gasteiger partial charge in [-0.1, -0.05) is 19.1 Å². The first-order chi connectivity index (χ1) is 6.99. The number of hydrogen-bond acceptors (Lipinski definition) is 1. The van der Waals surface area contributed by atoms with Crippen LogP contribution in [0.1, 0.15) is 53.8 Å². The molecule has 0 spiro atoms. The molecular formula is C13H23NS. The van der Waals surface area contributed by atoms with Crippen LogP contribution in [0.5, 0.6) is 0 Å². The Bertz CT molecular complexity index is 301. The summed E-state index contributed by atoms with van der Waals surface area (Å²) in [6.07, 6.45) is 8.57. The van der Waals surface area contributed by atoms with Gasteiger partial charge in [0.05, 0.1) is 4.99 Å². The minimum absolute atomic E-state index is 0. The van der Waals surface area contributed by atoms with Gasteiger partial charge in [0.25, 0.3) is 0 Å². The van der Waals surface area contributed by atoms with Crippen molar-refractivity contribution in [3.8, 4) is 0 Å². The minimum atomic E-state index is 0. The normalized spacial score (nSPS) is 51.9. The molecule has 2 heteroatoms. The van der Waals surface area contributed by atoms with Gasteiger partial charge in [-0.15, -0.1) is 0 Å². The van der Waals surface area contributed by atoms with Gasteiger partial charge in [0.15, 0.2) is 0 Å². The molecule has 0 saturated heterocycles. The number of thiocarbonyl (C=S) groups is 1. The van der Waals surface area contributed by atoms with Crippen molar-refractivity contribution in [2.45, 2.75) is 57.9 Å². The molecule has 0 aromatic rings. The van der Waals surface area contributed by atoms with E-state index in [9.17, 15) is 0 Å². The molecule has 4 atom stereocenters. The molecule has 2 unspecified atom stereocenters. The summed E-state index contributed by atoms with van der Waals surface area (Å²) in [4.78, 5) is 1.00. The smallest absolute Gasteiger partial charge is 0.0726 e. The van der Waals surface area contributed by atoms with Gasteiger partial charge in [0.1, 0.15) is 0 Å². The highest BCUT2D eigenvalue weighted by molar-refractivity contribution is 7.80. The highest BCUT2D eigenvalue weighted by atomic mass is 32.1. The van der Waals surface area contributed by atoms with E-state index < -0.39 is 0 Å². The second-order valence-corrected chi connectivity index (χ2v) is 7.35. The second-order valence-electron chi connectivity index (χ2n) is 6.73. The monoisotopic (exact) mass is 225 g/mol. The van der Waals surface area contributed by atoms with Crippen molar-refractivity contribution < 1.29 is 1.43 Å². The van der Waals surface area contributed by atoms with E-state index in [1.54, 1.807) is 0 Å². The third kappa shape index (κ3) is 1.61. The number of rotatable bonds is 1. The molecule has 4 bridgehead atoms. The highest BCUT2D eigenvalue weighted by Gasteiger charge is 2.55. The lowest BCUT2D eigenvalue weighted by Crippen LogP contribution is -2.62. The molecule has 4 saturated carbocycles. The summed E-state index contributed by atoms with van der Waals surface area (Å²) in [7, 11) is 0. The molecule has 4 aliphatic carbocycles. The van der Waals surface area contributed by atoms with Crippen LogP contribution >= 0.6 is 12.2 Å². The zero-order valence-corrected chi connectivity index (χ0v) is 10.6. The van der Waals surface area contributed by atoms with Crippen molar-refractivity contribution in [3.63, 3.8) is 0 Å². The molecule has 0 radical (unpaired) electrons. The van der Waals surface area contributed by atoms with E-state index >= 15 is 0 Å². The maximum Gasteiger partial charge on any atom is 0.0726 e. The standard InChI is InChI=1S/C13H21NS.H2/c1-9(15)14-13-6-10-3-11(7-13)5-12(2,4-10)8-13;/h10-11H,3-8H2,1-2H3,(H,14,15);1H/t10-,11+,12?,13?;. The summed E-state index contributed by atoms with van der Waals surface area (Å²) in [5.41, 5.74) is 1.02. The fraction of sp³-hybridized carbons (Fsp3) is 0.923. The third-order valence-electron chi connectivity index (χ3n) is 4.79. The Hall–Kier alpha value is -0.110. The van der Waals surface area contributed by atoms with Gasteiger partial charge in [-0.3, -0.25) is 0 Å². The molecule has 1 nitrogen and oxygen atoms in total. The Labute approximate surface area is 99.5 Å². The van der Waals surface area contributed by atoms with Crippen LogP contribution in [0.4, 0.5) is 0 Å². The van der Waals surface area contributed by atoms with Crippen LogP contribution in [0.15, 0.2) is 0 Å². The molecule has 1 N–H and O–H groups in total. The van der Waals surface area contributed by atoms with Gasteiger partial charge in [-0.25, -0.2) is 0 Å². The predicted molar refractivity (Wildman–Crippen MR) is 69.0 cm³/mol. The highest BCUT2D eigenvalue weighted by Crippen LogP contribution is 2.61. The minimum Gasteiger partial charge on any atom is -0.374 e. The Morgan fingerprint density at radius 1 is 1.27 bits per heavy atom. The summed E-state index contributed by atoms with van der Waals surface area (Å²) < 4.78 is 0. The van der Waals surface area contributed by atoms with E-state index in [0.29, 0.717) is 11.0 Å². The largest absolute Gasteiger partial charge is 0.374 e. The van der Waals surface area contributed by atoms with Crippen LogP contribution in [0.2, 0.25) is 0 Å². The van der Waals surface area contributed by atoms with Crippen molar-refractivity contribution in [3.05, 3.63) is 0 Å². The number of hydrogen-bond donors (Lipinski definition) is 1. The molecule has 15 heavy (non-hydrogen) atoms. The Kier molecular flexibility index (Phi) is 1.99. The number of nitrogens with one attached hydrogen (secondary N) is 1. The fourth-order valence-corrected chi connectivity index (χ4v) is 5.46. The van der Waals surface area contributed by atoms with Crippen molar-refractivity contribution in [2.24, 2.45) is 17.3 Å². The van der Waals surface area contributed by atoms with E-state index in [-0.39, 0.29) is 1.43 Å². The quantitative estimate of drug-likeness (QED) is 0.685. The summed E-state index contributed by atoms with van der Waals surface area (Å²) in [5, 5.41) is 3.64. The van der Waals surface area contributed by atoms with E-state index in [4.69, 9.17) is 12.2 Å². The van der Waals surface area contributed by atoms with Gasteiger partial charge in [0, 0.05) is 6.97 Å². The average Bonchev–Trinajstić information content (AvgIpc) is 1.94.